The van der Waals surface area contributed by atoms with Crippen LogP contribution < -0.4 is 10.1 Å². The summed E-state index contributed by atoms with van der Waals surface area (Å²) >= 11 is 0. The van der Waals surface area contributed by atoms with Crippen molar-refractivity contribution in [3.05, 3.63) is 46.8 Å². The summed E-state index contributed by atoms with van der Waals surface area (Å²) in [5.41, 5.74) is 2.68. The van der Waals surface area contributed by atoms with E-state index < -0.39 is 24.1 Å². The smallest absolute Gasteiger partial charge is 0.355 e. The maximum atomic E-state index is 12.4. The molecule has 1 amide bonds. The number of carbonyl (C=O) groups excluding carboxylic acids is 2. The molecule has 2 rings (SSSR count). The topological polar surface area (TPSA) is 101 Å². The molecule has 7 nitrogen and oxygen atoms in total. The highest BCUT2D eigenvalue weighted by molar-refractivity contribution is 5.98. The fourth-order valence-corrected chi connectivity index (χ4v) is 2.85. The molecule has 2 atom stereocenters. The van der Waals surface area contributed by atoms with Crippen molar-refractivity contribution in [2.75, 3.05) is 12.4 Å². The van der Waals surface area contributed by atoms with Gasteiger partial charge in [-0.2, -0.15) is 0 Å². The van der Waals surface area contributed by atoms with Gasteiger partial charge in [-0.1, -0.05) is 12.1 Å². The van der Waals surface area contributed by atoms with Crippen LogP contribution in [0.5, 0.6) is 5.75 Å². The third-order valence-electron chi connectivity index (χ3n) is 4.14. The molecule has 3 N–H and O–H groups in total. The summed E-state index contributed by atoms with van der Waals surface area (Å²) in [4.78, 5) is 27.6. The Morgan fingerprint density at radius 2 is 1.85 bits per heavy atom. The predicted molar refractivity (Wildman–Crippen MR) is 97.4 cm³/mol. The number of carbonyl (C=O) groups is 2. The van der Waals surface area contributed by atoms with E-state index >= 15 is 0 Å². The van der Waals surface area contributed by atoms with Crippen LogP contribution >= 0.6 is 0 Å². The van der Waals surface area contributed by atoms with Gasteiger partial charge in [-0.05, 0) is 45.4 Å². The fourth-order valence-electron chi connectivity index (χ4n) is 2.85. The van der Waals surface area contributed by atoms with Crippen molar-refractivity contribution in [1.82, 2.24) is 4.98 Å². The number of aromatic amines is 1. The molecule has 140 valence electrons. The third-order valence-corrected chi connectivity index (χ3v) is 4.14. The molecule has 7 heteroatoms. The minimum atomic E-state index is -1.01. The van der Waals surface area contributed by atoms with E-state index in [0.717, 1.165) is 0 Å². The van der Waals surface area contributed by atoms with Crippen LogP contribution in [0, 0.1) is 13.8 Å². The second kappa shape index (κ2) is 8.05. The molecule has 1 aromatic heterocycles. The molecule has 0 saturated carbocycles. The number of amides is 1. The molecule has 0 unspecified atom stereocenters. The molecule has 0 spiro atoms. The van der Waals surface area contributed by atoms with Crippen molar-refractivity contribution in [1.29, 1.82) is 0 Å². The lowest BCUT2D eigenvalue weighted by Gasteiger charge is -2.15. The predicted octanol–water partition coefficient (Wildman–Crippen LogP) is 2.88. The number of rotatable bonds is 6. The van der Waals surface area contributed by atoms with Gasteiger partial charge >= 0.3 is 5.97 Å². The largest absolute Gasteiger partial charge is 0.495 e. The molecule has 0 aliphatic rings. The van der Waals surface area contributed by atoms with Crippen LogP contribution in [0.15, 0.2) is 24.3 Å². The number of esters is 1. The number of anilines is 1. The molecule has 0 fully saturated rings. The summed E-state index contributed by atoms with van der Waals surface area (Å²) in [6.45, 7) is 6.61. The summed E-state index contributed by atoms with van der Waals surface area (Å²) in [5.74, 6) is -0.614. The number of H-pyrrole nitrogens is 1. The maximum Gasteiger partial charge on any atom is 0.355 e. The highest BCUT2D eigenvalue weighted by Crippen LogP contribution is 2.26. The number of ether oxygens (including phenoxy) is 2. The lowest BCUT2D eigenvalue weighted by molar-refractivity contribution is -0.123. The van der Waals surface area contributed by atoms with Crippen molar-refractivity contribution in [2.24, 2.45) is 0 Å². The van der Waals surface area contributed by atoms with E-state index in [1.54, 1.807) is 45.0 Å². The number of aliphatic hydroxyl groups excluding tert-OH is 1. The van der Waals surface area contributed by atoms with Gasteiger partial charge in [-0.3, -0.25) is 4.79 Å². The van der Waals surface area contributed by atoms with E-state index in [9.17, 15) is 14.7 Å². The second-order valence-corrected chi connectivity index (χ2v) is 6.08. The highest BCUT2D eigenvalue weighted by atomic mass is 16.5. The zero-order valence-corrected chi connectivity index (χ0v) is 15.5. The Labute approximate surface area is 152 Å². The van der Waals surface area contributed by atoms with Crippen LogP contribution in [0.3, 0.4) is 0 Å². The van der Waals surface area contributed by atoms with Gasteiger partial charge in [0.25, 0.3) is 5.91 Å². The van der Waals surface area contributed by atoms with Gasteiger partial charge in [0, 0.05) is 11.3 Å². The molecular formula is C19H24N2O5. The second-order valence-electron chi connectivity index (χ2n) is 6.08. The van der Waals surface area contributed by atoms with Gasteiger partial charge < -0.3 is 24.9 Å². The van der Waals surface area contributed by atoms with Gasteiger partial charge in [-0.15, -0.1) is 0 Å². The van der Waals surface area contributed by atoms with E-state index in [1.165, 1.54) is 14.0 Å². The first kappa shape index (κ1) is 19.5. The summed E-state index contributed by atoms with van der Waals surface area (Å²) in [5, 5.41) is 12.5. The summed E-state index contributed by atoms with van der Waals surface area (Å²) in [7, 11) is 1.50. The SMILES string of the molecule is COc1ccccc1NC(=O)[C@@H](C)OC(=O)c1[nH]c(C)c([C@@H](C)O)c1C. The summed E-state index contributed by atoms with van der Waals surface area (Å²) in [6, 6.07) is 6.96. The summed E-state index contributed by atoms with van der Waals surface area (Å²) in [6.07, 6.45) is -1.72. The molecule has 0 aliphatic heterocycles. The number of nitrogens with one attached hydrogen (secondary N) is 2. The normalized spacial score (nSPS) is 13.0. The number of aliphatic hydroxyl groups is 1. The first-order chi connectivity index (χ1) is 12.3. The quantitative estimate of drug-likeness (QED) is 0.688. The zero-order valence-electron chi connectivity index (χ0n) is 15.5. The molecule has 1 aromatic carbocycles. The Morgan fingerprint density at radius 1 is 1.19 bits per heavy atom. The maximum absolute atomic E-state index is 12.4. The Hall–Kier alpha value is -2.80. The Balaban J connectivity index is 2.09. The lowest BCUT2D eigenvalue weighted by Crippen LogP contribution is -2.30. The first-order valence-corrected chi connectivity index (χ1v) is 8.28. The van der Waals surface area contributed by atoms with E-state index in [2.05, 4.69) is 10.3 Å². The Morgan fingerprint density at radius 3 is 2.42 bits per heavy atom. The van der Waals surface area contributed by atoms with Gasteiger partial charge in [0.15, 0.2) is 6.10 Å². The Bertz CT molecular complexity index is 810. The molecule has 0 saturated heterocycles. The highest BCUT2D eigenvalue weighted by Gasteiger charge is 2.25. The number of aromatic nitrogens is 1. The van der Waals surface area contributed by atoms with Crippen LogP contribution in [0.25, 0.3) is 0 Å². The number of para-hydroxylation sites is 2. The van der Waals surface area contributed by atoms with Crippen LogP contribution in [0.1, 0.15) is 47.3 Å². The standard InChI is InChI=1S/C19H24N2O5/c1-10-16(12(3)22)11(2)20-17(10)19(24)26-13(4)18(23)21-14-8-6-7-9-15(14)25-5/h6-9,12-13,20,22H,1-5H3,(H,21,23)/t12-,13-/m1/s1. The van der Waals surface area contributed by atoms with Gasteiger partial charge in [0.1, 0.15) is 11.4 Å². The average molecular weight is 360 g/mol. The molecule has 2 aromatic rings. The number of hydrogen-bond donors (Lipinski definition) is 3. The molecule has 1 heterocycles. The number of benzene rings is 1. The van der Waals surface area contributed by atoms with Crippen molar-refractivity contribution in [2.45, 2.75) is 39.9 Å². The minimum Gasteiger partial charge on any atom is -0.495 e. The van der Waals surface area contributed by atoms with Crippen molar-refractivity contribution < 1.29 is 24.2 Å². The van der Waals surface area contributed by atoms with E-state index in [1.807, 2.05) is 0 Å². The number of methoxy groups -OCH3 is 1. The lowest BCUT2D eigenvalue weighted by atomic mass is 10.1. The van der Waals surface area contributed by atoms with Crippen LogP contribution in [-0.4, -0.2) is 35.2 Å². The van der Waals surface area contributed by atoms with E-state index in [-0.39, 0.29) is 5.69 Å². The van der Waals surface area contributed by atoms with E-state index in [0.29, 0.717) is 28.3 Å². The zero-order chi connectivity index (χ0) is 19.4. The molecular weight excluding hydrogens is 336 g/mol. The van der Waals surface area contributed by atoms with Crippen LogP contribution in [0.2, 0.25) is 0 Å². The monoisotopic (exact) mass is 360 g/mol. The van der Waals surface area contributed by atoms with E-state index in [4.69, 9.17) is 9.47 Å². The average Bonchev–Trinajstić information content (AvgIpc) is 2.89. The van der Waals surface area contributed by atoms with Gasteiger partial charge in [0.2, 0.25) is 0 Å². The number of hydrogen-bond acceptors (Lipinski definition) is 5. The number of aryl methyl sites for hydroxylation is 1. The fraction of sp³-hybridized carbons (Fsp3) is 0.368. The van der Waals surface area contributed by atoms with Crippen molar-refractivity contribution in [3.8, 4) is 5.75 Å². The molecule has 26 heavy (non-hydrogen) atoms. The van der Waals surface area contributed by atoms with Crippen LogP contribution in [-0.2, 0) is 9.53 Å². The van der Waals surface area contributed by atoms with Gasteiger partial charge in [-0.25, -0.2) is 4.79 Å². The third kappa shape index (κ3) is 4.05. The molecule has 0 bridgehead atoms. The van der Waals surface area contributed by atoms with Gasteiger partial charge in [0.05, 0.1) is 18.9 Å². The van der Waals surface area contributed by atoms with Crippen molar-refractivity contribution >= 4 is 17.6 Å². The Kier molecular flexibility index (Phi) is 6.05. The molecule has 0 aliphatic carbocycles. The first-order valence-electron chi connectivity index (χ1n) is 8.28. The van der Waals surface area contributed by atoms with Crippen molar-refractivity contribution in [3.63, 3.8) is 0 Å². The summed E-state index contributed by atoms with van der Waals surface area (Å²) < 4.78 is 10.4. The van der Waals surface area contributed by atoms with Crippen LogP contribution in [0.4, 0.5) is 5.69 Å². The molecule has 0 radical (unpaired) electrons. The minimum absolute atomic E-state index is 0.232.